The Labute approximate surface area is 122 Å². The maximum Gasteiger partial charge on any atom is 0.417 e. The van der Waals surface area contributed by atoms with E-state index in [2.05, 4.69) is 0 Å². The molecule has 0 aliphatic carbocycles. The second-order valence-corrected chi connectivity index (χ2v) is 5.96. The van der Waals surface area contributed by atoms with E-state index in [0.717, 1.165) is 12.1 Å². The van der Waals surface area contributed by atoms with Crippen LogP contribution in [-0.2, 0) is 21.0 Å². The molecule has 0 saturated carbocycles. The normalized spacial score (nSPS) is 14.0. The lowest BCUT2D eigenvalue weighted by molar-refractivity contribution is -0.140. The van der Waals surface area contributed by atoms with Gasteiger partial charge >= 0.3 is 12.1 Å². The van der Waals surface area contributed by atoms with Crippen molar-refractivity contribution in [2.24, 2.45) is 0 Å². The molecule has 0 aliphatic rings. The molecule has 1 unspecified atom stereocenters. The lowest BCUT2D eigenvalue weighted by Crippen LogP contribution is -2.43. The number of nitrogens with one attached hydrogen (secondary N) is 1. The number of rotatable bonds is 5. The third-order valence-electron chi connectivity index (χ3n) is 2.33. The second-order valence-electron chi connectivity index (χ2n) is 3.83. The number of benzene rings is 1. The number of alkyl halides is 3. The van der Waals surface area contributed by atoms with Gasteiger partial charge in [0.15, 0.2) is 0 Å². The molecule has 118 valence electrons. The highest BCUT2D eigenvalue weighted by molar-refractivity contribution is 7.89. The Morgan fingerprint density at radius 1 is 1.38 bits per heavy atom. The number of carboxylic acid groups (broad SMARTS) is 1. The molecule has 0 amide bonds. The van der Waals surface area contributed by atoms with E-state index in [4.69, 9.17) is 21.8 Å². The summed E-state index contributed by atoms with van der Waals surface area (Å²) in [6.07, 6.45) is -4.87. The van der Waals surface area contributed by atoms with Crippen LogP contribution in [0.15, 0.2) is 23.1 Å². The minimum absolute atomic E-state index is 0.279. The van der Waals surface area contributed by atoms with E-state index in [-0.39, 0.29) is 6.07 Å². The zero-order valence-corrected chi connectivity index (χ0v) is 11.6. The van der Waals surface area contributed by atoms with Gasteiger partial charge in [-0.1, -0.05) is 11.6 Å². The number of hydrogen-bond acceptors (Lipinski definition) is 4. The van der Waals surface area contributed by atoms with Crippen LogP contribution in [0.25, 0.3) is 0 Å². The molecular weight excluding hydrogens is 339 g/mol. The fourth-order valence-corrected chi connectivity index (χ4v) is 2.74. The summed E-state index contributed by atoms with van der Waals surface area (Å²) < 4.78 is 63.1. The van der Waals surface area contributed by atoms with E-state index in [1.807, 2.05) is 0 Å². The third-order valence-corrected chi connectivity index (χ3v) is 4.13. The molecule has 0 radical (unpaired) electrons. The minimum Gasteiger partial charge on any atom is -0.480 e. The first kappa shape index (κ1) is 17.7. The first-order valence-electron chi connectivity index (χ1n) is 5.22. The number of aliphatic hydroxyl groups excluding tert-OH is 1. The van der Waals surface area contributed by atoms with Crippen molar-refractivity contribution in [1.82, 2.24) is 4.72 Å². The van der Waals surface area contributed by atoms with Gasteiger partial charge in [0.25, 0.3) is 0 Å². The molecule has 1 aromatic carbocycles. The first-order chi connectivity index (χ1) is 9.49. The van der Waals surface area contributed by atoms with Crippen molar-refractivity contribution in [1.29, 1.82) is 0 Å². The predicted molar refractivity (Wildman–Crippen MR) is 65.3 cm³/mol. The van der Waals surface area contributed by atoms with Crippen LogP contribution >= 0.6 is 11.6 Å². The number of sulfonamides is 1. The summed E-state index contributed by atoms with van der Waals surface area (Å²) in [5.41, 5.74) is -1.37. The number of aliphatic carboxylic acids is 1. The average molecular weight is 348 g/mol. The van der Waals surface area contributed by atoms with Crippen LogP contribution in [0.5, 0.6) is 0 Å². The summed E-state index contributed by atoms with van der Waals surface area (Å²) >= 11 is 5.35. The van der Waals surface area contributed by atoms with Crippen LogP contribution in [0.3, 0.4) is 0 Å². The van der Waals surface area contributed by atoms with E-state index >= 15 is 0 Å². The number of carbonyl (C=O) groups is 1. The monoisotopic (exact) mass is 347 g/mol. The summed E-state index contributed by atoms with van der Waals surface area (Å²) in [5.74, 6) is -1.67. The topological polar surface area (TPSA) is 104 Å². The van der Waals surface area contributed by atoms with Gasteiger partial charge in [0.1, 0.15) is 6.04 Å². The fraction of sp³-hybridized carbons (Fsp3) is 0.300. The Balaban J connectivity index is 3.24. The quantitative estimate of drug-likeness (QED) is 0.739. The Morgan fingerprint density at radius 3 is 2.38 bits per heavy atom. The summed E-state index contributed by atoms with van der Waals surface area (Å²) in [6.45, 7) is -1.06. The van der Waals surface area contributed by atoms with E-state index in [1.54, 1.807) is 4.72 Å². The maximum atomic E-state index is 12.6. The molecule has 1 atom stereocenters. The van der Waals surface area contributed by atoms with Gasteiger partial charge < -0.3 is 10.2 Å². The molecule has 0 aromatic heterocycles. The Morgan fingerprint density at radius 2 is 1.95 bits per heavy atom. The van der Waals surface area contributed by atoms with E-state index in [0.29, 0.717) is 0 Å². The molecule has 0 saturated heterocycles. The number of halogens is 4. The summed E-state index contributed by atoms with van der Waals surface area (Å²) in [5, 5.41) is 16.7. The van der Waals surface area contributed by atoms with Gasteiger partial charge in [0, 0.05) is 0 Å². The third kappa shape index (κ3) is 4.30. The zero-order chi connectivity index (χ0) is 16.4. The summed E-state index contributed by atoms with van der Waals surface area (Å²) in [7, 11) is -4.57. The molecule has 6 nitrogen and oxygen atoms in total. The second kappa shape index (κ2) is 6.18. The fourth-order valence-electron chi connectivity index (χ4n) is 1.31. The van der Waals surface area contributed by atoms with E-state index < -0.39 is 50.3 Å². The summed E-state index contributed by atoms with van der Waals surface area (Å²) in [4.78, 5) is 9.81. The SMILES string of the molecule is O=C(O)C(CO)NS(=O)(=O)c1ccc(Cl)c(C(F)(F)F)c1. The largest absolute Gasteiger partial charge is 0.480 e. The van der Waals surface area contributed by atoms with Gasteiger partial charge in [-0.3, -0.25) is 4.79 Å². The van der Waals surface area contributed by atoms with Crippen molar-refractivity contribution >= 4 is 27.6 Å². The van der Waals surface area contributed by atoms with Gasteiger partial charge in [-0.2, -0.15) is 17.9 Å². The smallest absolute Gasteiger partial charge is 0.417 e. The standard InChI is InChI=1S/C10H9ClF3NO5S/c11-7-2-1-5(3-6(7)10(12,13)14)21(19,20)15-8(4-16)9(17)18/h1-3,8,15-16H,4H2,(H,17,18). The number of carboxylic acids is 1. The molecule has 3 N–H and O–H groups in total. The zero-order valence-electron chi connectivity index (χ0n) is 10.1. The van der Waals surface area contributed by atoms with Crippen molar-refractivity contribution in [3.8, 4) is 0 Å². The molecule has 1 aromatic rings. The highest BCUT2D eigenvalue weighted by Crippen LogP contribution is 2.35. The lowest BCUT2D eigenvalue weighted by Gasteiger charge is -2.14. The molecule has 11 heteroatoms. The van der Waals surface area contributed by atoms with Crippen LogP contribution < -0.4 is 4.72 Å². The molecule has 0 bridgehead atoms. The predicted octanol–water partition coefficient (Wildman–Crippen LogP) is 1.08. The van der Waals surface area contributed by atoms with Gasteiger partial charge in [0.2, 0.25) is 10.0 Å². The minimum atomic E-state index is -4.87. The first-order valence-corrected chi connectivity index (χ1v) is 7.08. The van der Waals surface area contributed by atoms with E-state index in [9.17, 15) is 26.4 Å². The number of hydrogen-bond donors (Lipinski definition) is 3. The summed E-state index contributed by atoms with van der Waals surface area (Å²) in [6, 6.07) is -0.0786. The Hall–Kier alpha value is -1.36. The highest BCUT2D eigenvalue weighted by atomic mass is 35.5. The molecule has 21 heavy (non-hydrogen) atoms. The lowest BCUT2D eigenvalue weighted by atomic mass is 10.2. The van der Waals surface area contributed by atoms with Gasteiger partial charge in [0.05, 0.1) is 22.1 Å². The van der Waals surface area contributed by atoms with Gasteiger partial charge in [-0.15, -0.1) is 0 Å². The van der Waals surface area contributed by atoms with Crippen molar-refractivity contribution in [2.45, 2.75) is 17.1 Å². The van der Waals surface area contributed by atoms with Crippen LogP contribution in [-0.4, -0.2) is 37.2 Å². The van der Waals surface area contributed by atoms with Crippen LogP contribution in [0.1, 0.15) is 5.56 Å². The molecule has 1 rings (SSSR count). The number of aliphatic hydroxyl groups is 1. The van der Waals surface area contributed by atoms with Crippen LogP contribution in [0.2, 0.25) is 5.02 Å². The van der Waals surface area contributed by atoms with Crippen molar-refractivity contribution in [3.05, 3.63) is 28.8 Å². The van der Waals surface area contributed by atoms with Gasteiger partial charge in [-0.05, 0) is 18.2 Å². The molecular formula is C10H9ClF3NO5S. The van der Waals surface area contributed by atoms with Gasteiger partial charge in [-0.25, -0.2) is 8.42 Å². The van der Waals surface area contributed by atoms with Crippen molar-refractivity contribution in [3.63, 3.8) is 0 Å². The molecule has 0 fully saturated rings. The maximum absolute atomic E-state index is 12.6. The van der Waals surface area contributed by atoms with Crippen molar-refractivity contribution in [2.75, 3.05) is 6.61 Å². The van der Waals surface area contributed by atoms with E-state index in [1.165, 1.54) is 0 Å². The van der Waals surface area contributed by atoms with Crippen molar-refractivity contribution < 1.29 is 36.6 Å². The average Bonchev–Trinajstić information content (AvgIpc) is 2.34. The highest BCUT2D eigenvalue weighted by Gasteiger charge is 2.35. The molecule has 0 aliphatic heterocycles. The van der Waals surface area contributed by atoms with Crippen LogP contribution in [0.4, 0.5) is 13.2 Å². The Kier molecular flexibility index (Phi) is 5.20. The van der Waals surface area contributed by atoms with Crippen LogP contribution in [0, 0.1) is 0 Å². The Bertz CT molecular complexity index is 647. The molecule has 0 heterocycles. The molecule has 0 spiro atoms.